The molecule has 0 saturated carbocycles. The van der Waals surface area contributed by atoms with Gasteiger partial charge in [0.05, 0.1) is 22.3 Å². The molecule has 0 bridgehead atoms. The van der Waals surface area contributed by atoms with Gasteiger partial charge in [-0.05, 0) is 31.3 Å². The summed E-state index contributed by atoms with van der Waals surface area (Å²) in [7, 11) is 0. The summed E-state index contributed by atoms with van der Waals surface area (Å²) < 4.78 is 0. The first-order chi connectivity index (χ1) is 10.6. The number of benzene rings is 1. The fourth-order valence-electron chi connectivity index (χ4n) is 2.44. The van der Waals surface area contributed by atoms with E-state index in [2.05, 4.69) is 29.0 Å². The third-order valence-electron chi connectivity index (χ3n) is 3.79. The third kappa shape index (κ3) is 3.80. The second kappa shape index (κ2) is 7.63. The number of rotatable bonds is 7. The summed E-state index contributed by atoms with van der Waals surface area (Å²) in [5, 5.41) is 14.8. The number of nitrogens with zero attached hydrogens (tertiary/aromatic N) is 2. The van der Waals surface area contributed by atoms with Crippen LogP contribution in [0.2, 0.25) is 5.02 Å². The number of nitrogens with two attached hydrogens (primary N) is 1. The van der Waals surface area contributed by atoms with E-state index in [9.17, 15) is 5.11 Å². The Hall–Kier alpha value is -1.56. The number of nitrogens with one attached hydrogen (secondary N) is 1. The molecule has 0 saturated heterocycles. The molecule has 1 aromatic heterocycles. The fourth-order valence-corrected chi connectivity index (χ4v) is 2.59. The fraction of sp³-hybridized carbons (Fsp3) is 0.438. The van der Waals surface area contributed by atoms with E-state index < -0.39 is 6.10 Å². The first-order valence-electron chi connectivity index (χ1n) is 7.53. The standard InChI is InChI=1S/C16H23ClN4O/c1-3-21(4-2)10-11(22)9-20-14-7-8-19-16-12(14)5-6-13(17)15(16)18/h5-8,11,22H,3-4,9-10,18H2,1-2H3,(H,19,20)/t11-/m1/s1. The lowest BCUT2D eigenvalue weighted by Crippen LogP contribution is -2.35. The van der Waals surface area contributed by atoms with Gasteiger partial charge in [0.1, 0.15) is 0 Å². The molecule has 1 atom stereocenters. The van der Waals surface area contributed by atoms with Crippen LogP contribution in [-0.4, -0.2) is 47.3 Å². The Morgan fingerprint density at radius 2 is 2.05 bits per heavy atom. The van der Waals surface area contributed by atoms with Gasteiger partial charge in [-0.3, -0.25) is 4.98 Å². The molecule has 0 aliphatic carbocycles. The van der Waals surface area contributed by atoms with Crippen molar-refractivity contribution in [2.24, 2.45) is 0 Å². The van der Waals surface area contributed by atoms with E-state index in [-0.39, 0.29) is 0 Å². The molecule has 2 rings (SSSR count). The Labute approximate surface area is 136 Å². The summed E-state index contributed by atoms with van der Waals surface area (Å²) in [5.41, 5.74) is 8.02. The Morgan fingerprint density at radius 3 is 2.73 bits per heavy atom. The Kier molecular flexibility index (Phi) is 5.83. The van der Waals surface area contributed by atoms with E-state index in [0.29, 0.717) is 29.3 Å². The molecule has 0 spiro atoms. The zero-order valence-electron chi connectivity index (χ0n) is 13.0. The number of hydrogen-bond acceptors (Lipinski definition) is 5. The van der Waals surface area contributed by atoms with E-state index in [1.54, 1.807) is 12.3 Å². The van der Waals surface area contributed by atoms with Gasteiger partial charge in [0.15, 0.2) is 0 Å². The summed E-state index contributed by atoms with van der Waals surface area (Å²) in [4.78, 5) is 6.47. The Bertz CT molecular complexity index is 631. The highest BCUT2D eigenvalue weighted by Crippen LogP contribution is 2.30. The predicted octanol–water partition coefficient (Wildman–Crippen LogP) is 2.58. The Balaban J connectivity index is 2.10. The number of anilines is 2. The molecule has 120 valence electrons. The smallest absolute Gasteiger partial charge is 0.0967 e. The molecular formula is C16H23ClN4O. The number of fused-ring (bicyclic) bond motifs is 1. The lowest BCUT2D eigenvalue weighted by Gasteiger charge is -2.22. The van der Waals surface area contributed by atoms with Gasteiger partial charge in [-0.25, -0.2) is 0 Å². The van der Waals surface area contributed by atoms with Crippen molar-refractivity contribution in [1.82, 2.24) is 9.88 Å². The summed E-state index contributed by atoms with van der Waals surface area (Å²) in [5.74, 6) is 0. The quantitative estimate of drug-likeness (QED) is 0.683. The number of pyridine rings is 1. The summed E-state index contributed by atoms with van der Waals surface area (Å²) in [6, 6.07) is 5.53. The van der Waals surface area contributed by atoms with Gasteiger partial charge in [0, 0.05) is 30.4 Å². The zero-order valence-corrected chi connectivity index (χ0v) is 13.8. The molecule has 0 radical (unpaired) electrons. The van der Waals surface area contributed by atoms with Crippen LogP contribution >= 0.6 is 11.6 Å². The van der Waals surface area contributed by atoms with Crippen LogP contribution in [0.1, 0.15) is 13.8 Å². The Morgan fingerprint density at radius 1 is 1.32 bits per heavy atom. The van der Waals surface area contributed by atoms with Crippen molar-refractivity contribution in [2.75, 3.05) is 37.2 Å². The first-order valence-corrected chi connectivity index (χ1v) is 7.91. The van der Waals surface area contributed by atoms with Gasteiger partial charge in [0.2, 0.25) is 0 Å². The maximum Gasteiger partial charge on any atom is 0.0967 e. The van der Waals surface area contributed by atoms with Crippen molar-refractivity contribution in [3.05, 3.63) is 29.4 Å². The molecule has 5 nitrogen and oxygen atoms in total. The highest BCUT2D eigenvalue weighted by molar-refractivity contribution is 6.34. The number of halogens is 1. The summed E-state index contributed by atoms with van der Waals surface area (Å²) in [6.07, 6.45) is 1.25. The molecule has 0 fully saturated rings. The number of aliphatic hydroxyl groups is 1. The van der Waals surface area contributed by atoms with Crippen LogP contribution in [0, 0.1) is 0 Å². The van der Waals surface area contributed by atoms with E-state index in [1.807, 2.05) is 12.1 Å². The van der Waals surface area contributed by atoms with Crippen LogP contribution in [0.25, 0.3) is 10.9 Å². The van der Waals surface area contributed by atoms with Gasteiger partial charge in [0.25, 0.3) is 0 Å². The maximum absolute atomic E-state index is 10.1. The highest BCUT2D eigenvalue weighted by atomic mass is 35.5. The van der Waals surface area contributed by atoms with Crippen LogP contribution < -0.4 is 11.1 Å². The van der Waals surface area contributed by atoms with Gasteiger partial charge < -0.3 is 21.1 Å². The van der Waals surface area contributed by atoms with Crippen LogP contribution in [0.5, 0.6) is 0 Å². The summed E-state index contributed by atoms with van der Waals surface area (Å²) >= 11 is 6.03. The van der Waals surface area contributed by atoms with E-state index in [4.69, 9.17) is 17.3 Å². The van der Waals surface area contributed by atoms with Crippen LogP contribution in [0.4, 0.5) is 11.4 Å². The normalized spacial score (nSPS) is 12.8. The maximum atomic E-state index is 10.1. The minimum Gasteiger partial charge on any atom is -0.396 e. The predicted molar refractivity (Wildman–Crippen MR) is 93.4 cm³/mol. The molecule has 2 aromatic rings. The van der Waals surface area contributed by atoms with Crippen LogP contribution in [0.15, 0.2) is 24.4 Å². The average Bonchev–Trinajstić information content (AvgIpc) is 2.54. The van der Waals surface area contributed by atoms with E-state index >= 15 is 0 Å². The van der Waals surface area contributed by atoms with Gasteiger partial charge >= 0.3 is 0 Å². The topological polar surface area (TPSA) is 74.4 Å². The van der Waals surface area contributed by atoms with Gasteiger partial charge in [-0.1, -0.05) is 25.4 Å². The molecule has 0 aliphatic heterocycles. The molecule has 0 amide bonds. The number of nitrogen functional groups attached to an aromatic ring is 1. The number of hydrogen-bond donors (Lipinski definition) is 3. The summed E-state index contributed by atoms with van der Waals surface area (Å²) in [6.45, 7) is 7.16. The lowest BCUT2D eigenvalue weighted by molar-refractivity contribution is 0.128. The van der Waals surface area contributed by atoms with Crippen molar-refractivity contribution >= 4 is 33.9 Å². The third-order valence-corrected chi connectivity index (χ3v) is 4.12. The molecule has 4 N–H and O–H groups in total. The zero-order chi connectivity index (χ0) is 16.1. The molecule has 22 heavy (non-hydrogen) atoms. The molecule has 1 aromatic carbocycles. The molecule has 1 heterocycles. The lowest BCUT2D eigenvalue weighted by atomic mass is 10.1. The molecule has 6 heteroatoms. The first kappa shape index (κ1) is 16.8. The van der Waals surface area contributed by atoms with Crippen molar-refractivity contribution < 1.29 is 5.11 Å². The largest absolute Gasteiger partial charge is 0.396 e. The van der Waals surface area contributed by atoms with E-state index in [1.165, 1.54) is 0 Å². The van der Waals surface area contributed by atoms with Crippen LogP contribution in [0.3, 0.4) is 0 Å². The van der Waals surface area contributed by atoms with Gasteiger partial charge in [-0.15, -0.1) is 0 Å². The van der Waals surface area contributed by atoms with Crippen LogP contribution in [-0.2, 0) is 0 Å². The molecule has 0 unspecified atom stereocenters. The second-order valence-corrected chi connectivity index (χ2v) is 5.64. The number of aliphatic hydroxyl groups excluding tert-OH is 1. The SMILES string of the molecule is CCN(CC)C[C@H](O)CNc1ccnc2c(N)c(Cl)ccc12. The highest BCUT2D eigenvalue weighted by Gasteiger charge is 2.11. The van der Waals surface area contributed by atoms with Crippen molar-refractivity contribution in [3.8, 4) is 0 Å². The monoisotopic (exact) mass is 322 g/mol. The second-order valence-electron chi connectivity index (χ2n) is 5.24. The van der Waals surface area contributed by atoms with Crippen molar-refractivity contribution in [1.29, 1.82) is 0 Å². The van der Waals surface area contributed by atoms with E-state index in [0.717, 1.165) is 24.2 Å². The average molecular weight is 323 g/mol. The van der Waals surface area contributed by atoms with Crippen molar-refractivity contribution in [3.63, 3.8) is 0 Å². The van der Waals surface area contributed by atoms with Crippen molar-refractivity contribution in [2.45, 2.75) is 20.0 Å². The minimum atomic E-state index is -0.437. The van der Waals surface area contributed by atoms with Gasteiger partial charge in [-0.2, -0.15) is 0 Å². The number of likely N-dealkylation sites (N-methyl/N-ethyl adjacent to an activating group) is 1. The number of aromatic nitrogens is 1. The molecule has 0 aliphatic rings. The minimum absolute atomic E-state index is 0.437. The molecular weight excluding hydrogens is 300 g/mol.